The number of aromatic nitrogens is 1. The largest absolute Gasteiger partial charge is 0.455 e. The first-order chi connectivity index (χ1) is 14.5. The third-order valence-corrected chi connectivity index (χ3v) is 5.77. The summed E-state index contributed by atoms with van der Waals surface area (Å²) in [6, 6.07) is 15.9. The number of likely N-dealkylation sites (N-methyl/N-ethyl adjacent to an activating group) is 1. The molecule has 0 radical (unpaired) electrons. The molecule has 1 atom stereocenters. The molecule has 1 N–H and O–H groups in total. The molecule has 3 aromatic rings. The fraction of sp³-hybridized carbons (Fsp3) is 0.348. The number of rotatable bonds is 7. The predicted molar refractivity (Wildman–Crippen MR) is 118 cm³/mol. The standard InChI is InChI=1S/C23H27ClN4O2/c1-26(2)13-11-25-23(29)21-10-9-17(30-21)16-28-15-14-27-12-5-8-20(27)22(28)18-6-3-4-7-19(18)24/h3-10,12,22H,11,13-16H2,1-2H3,(H,25,29). The number of hydrogen-bond donors (Lipinski definition) is 1. The van der Waals surface area contributed by atoms with Crippen LogP contribution in [0.5, 0.6) is 0 Å². The van der Waals surface area contributed by atoms with Crippen LogP contribution in [0.25, 0.3) is 0 Å². The Morgan fingerprint density at radius 2 is 2.00 bits per heavy atom. The molecule has 0 saturated carbocycles. The summed E-state index contributed by atoms with van der Waals surface area (Å²) in [4.78, 5) is 16.7. The van der Waals surface area contributed by atoms with Crippen molar-refractivity contribution in [1.82, 2.24) is 19.7 Å². The molecule has 3 heterocycles. The van der Waals surface area contributed by atoms with Crippen LogP contribution in [0, 0.1) is 0 Å². The lowest BCUT2D eigenvalue weighted by molar-refractivity contribution is 0.0916. The summed E-state index contributed by atoms with van der Waals surface area (Å²) in [5, 5.41) is 3.64. The molecule has 30 heavy (non-hydrogen) atoms. The van der Waals surface area contributed by atoms with Crippen LogP contribution < -0.4 is 5.32 Å². The Labute approximate surface area is 182 Å². The fourth-order valence-electron chi connectivity index (χ4n) is 3.92. The van der Waals surface area contributed by atoms with Crippen LogP contribution in [-0.2, 0) is 13.1 Å². The monoisotopic (exact) mass is 426 g/mol. The molecule has 0 fully saturated rings. The van der Waals surface area contributed by atoms with E-state index in [-0.39, 0.29) is 11.9 Å². The molecule has 1 aromatic carbocycles. The first kappa shape index (κ1) is 20.7. The molecule has 6 nitrogen and oxygen atoms in total. The van der Waals surface area contributed by atoms with E-state index < -0.39 is 0 Å². The number of benzene rings is 1. The highest BCUT2D eigenvalue weighted by molar-refractivity contribution is 6.31. The van der Waals surface area contributed by atoms with Gasteiger partial charge in [-0.2, -0.15) is 0 Å². The molecule has 0 saturated heterocycles. The van der Waals surface area contributed by atoms with Gasteiger partial charge in [0.25, 0.3) is 5.91 Å². The first-order valence-corrected chi connectivity index (χ1v) is 10.6. The quantitative estimate of drug-likeness (QED) is 0.626. The van der Waals surface area contributed by atoms with Crippen molar-refractivity contribution in [3.8, 4) is 0 Å². The highest BCUT2D eigenvalue weighted by Crippen LogP contribution is 2.36. The summed E-state index contributed by atoms with van der Waals surface area (Å²) >= 11 is 6.56. The second kappa shape index (κ2) is 9.08. The van der Waals surface area contributed by atoms with Crippen LogP contribution >= 0.6 is 11.6 Å². The number of furan rings is 1. The van der Waals surface area contributed by atoms with Gasteiger partial charge in [-0.15, -0.1) is 0 Å². The van der Waals surface area contributed by atoms with E-state index in [0.29, 0.717) is 18.8 Å². The van der Waals surface area contributed by atoms with Gasteiger partial charge in [0.15, 0.2) is 5.76 Å². The van der Waals surface area contributed by atoms with Crippen molar-refractivity contribution in [2.24, 2.45) is 0 Å². The number of carbonyl (C=O) groups excluding carboxylic acids is 1. The third kappa shape index (κ3) is 4.46. The smallest absolute Gasteiger partial charge is 0.287 e. The normalized spacial score (nSPS) is 16.6. The highest BCUT2D eigenvalue weighted by atomic mass is 35.5. The highest BCUT2D eigenvalue weighted by Gasteiger charge is 2.30. The Kier molecular flexibility index (Phi) is 6.27. The lowest BCUT2D eigenvalue weighted by Crippen LogP contribution is -2.38. The van der Waals surface area contributed by atoms with E-state index in [1.54, 1.807) is 6.07 Å². The topological polar surface area (TPSA) is 53.7 Å². The van der Waals surface area contributed by atoms with E-state index in [1.807, 2.05) is 43.3 Å². The fourth-order valence-corrected chi connectivity index (χ4v) is 4.16. The molecule has 1 amide bonds. The van der Waals surface area contributed by atoms with Gasteiger partial charge in [-0.3, -0.25) is 9.69 Å². The van der Waals surface area contributed by atoms with E-state index >= 15 is 0 Å². The van der Waals surface area contributed by atoms with Gasteiger partial charge in [-0.1, -0.05) is 29.8 Å². The molecule has 0 bridgehead atoms. The van der Waals surface area contributed by atoms with Crippen molar-refractivity contribution >= 4 is 17.5 Å². The average Bonchev–Trinajstić information content (AvgIpc) is 3.38. The van der Waals surface area contributed by atoms with Gasteiger partial charge < -0.3 is 19.2 Å². The van der Waals surface area contributed by atoms with Crippen LogP contribution in [0.1, 0.15) is 33.6 Å². The van der Waals surface area contributed by atoms with E-state index in [0.717, 1.165) is 36.0 Å². The van der Waals surface area contributed by atoms with Crippen molar-refractivity contribution < 1.29 is 9.21 Å². The minimum Gasteiger partial charge on any atom is -0.455 e. The van der Waals surface area contributed by atoms with Gasteiger partial charge in [0.1, 0.15) is 5.76 Å². The maximum absolute atomic E-state index is 12.3. The lowest BCUT2D eigenvalue weighted by atomic mass is 9.99. The number of nitrogens with zero attached hydrogens (tertiary/aromatic N) is 3. The predicted octanol–water partition coefficient (Wildman–Crippen LogP) is 3.63. The molecule has 4 rings (SSSR count). The van der Waals surface area contributed by atoms with Crippen molar-refractivity contribution in [3.63, 3.8) is 0 Å². The summed E-state index contributed by atoms with van der Waals surface area (Å²) in [6.07, 6.45) is 2.11. The third-order valence-electron chi connectivity index (χ3n) is 5.43. The SMILES string of the molecule is CN(C)CCNC(=O)c1ccc(CN2CCn3cccc3C2c2ccccc2Cl)o1. The maximum atomic E-state index is 12.3. The summed E-state index contributed by atoms with van der Waals surface area (Å²) < 4.78 is 8.16. The van der Waals surface area contributed by atoms with Gasteiger partial charge in [-0.05, 0) is 50.0 Å². The zero-order valence-corrected chi connectivity index (χ0v) is 18.1. The molecule has 0 spiro atoms. The molecule has 0 aliphatic carbocycles. The number of carbonyl (C=O) groups is 1. The van der Waals surface area contributed by atoms with Crippen LogP contribution in [0.2, 0.25) is 5.02 Å². The number of amides is 1. The Bertz CT molecular complexity index is 1010. The van der Waals surface area contributed by atoms with Gasteiger partial charge in [-0.25, -0.2) is 0 Å². The number of nitrogens with one attached hydrogen (secondary N) is 1. The van der Waals surface area contributed by atoms with Gasteiger partial charge in [0.05, 0.1) is 12.6 Å². The maximum Gasteiger partial charge on any atom is 0.287 e. The molecule has 1 aliphatic heterocycles. The number of halogens is 1. The van der Waals surface area contributed by atoms with Crippen molar-refractivity contribution in [1.29, 1.82) is 0 Å². The van der Waals surface area contributed by atoms with E-state index in [9.17, 15) is 4.79 Å². The zero-order chi connectivity index (χ0) is 21.1. The second-order valence-electron chi connectivity index (χ2n) is 7.85. The minimum atomic E-state index is -0.182. The molecular weight excluding hydrogens is 400 g/mol. The van der Waals surface area contributed by atoms with Crippen molar-refractivity contribution in [2.45, 2.75) is 19.1 Å². The van der Waals surface area contributed by atoms with E-state index in [4.69, 9.17) is 16.0 Å². The van der Waals surface area contributed by atoms with Gasteiger partial charge in [0.2, 0.25) is 0 Å². The molecule has 158 valence electrons. The van der Waals surface area contributed by atoms with Crippen LogP contribution in [-0.4, -0.2) is 54.0 Å². The Morgan fingerprint density at radius 3 is 2.80 bits per heavy atom. The van der Waals surface area contributed by atoms with Gasteiger partial charge >= 0.3 is 0 Å². The summed E-state index contributed by atoms with van der Waals surface area (Å²) in [7, 11) is 3.95. The van der Waals surface area contributed by atoms with E-state index in [2.05, 4.69) is 39.2 Å². The summed E-state index contributed by atoms with van der Waals surface area (Å²) in [6.45, 7) is 3.74. The first-order valence-electron chi connectivity index (χ1n) is 10.2. The lowest BCUT2D eigenvalue weighted by Gasteiger charge is -2.37. The Balaban J connectivity index is 1.52. The molecule has 1 unspecified atom stereocenters. The van der Waals surface area contributed by atoms with Crippen LogP contribution in [0.4, 0.5) is 0 Å². The Morgan fingerprint density at radius 1 is 1.17 bits per heavy atom. The number of fused-ring (bicyclic) bond motifs is 1. The van der Waals surface area contributed by atoms with E-state index in [1.165, 1.54) is 5.69 Å². The summed E-state index contributed by atoms with van der Waals surface area (Å²) in [5.41, 5.74) is 2.29. The van der Waals surface area contributed by atoms with Crippen LogP contribution in [0.3, 0.4) is 0 Å². The number of hydrogen-bond acceptors (Lipinski definition) is 4. The van der Waals surface area contributed by atoms with Gasteiger partial charge in [0, 0.05) is 43.1 Å². The van der Waals surface area contributed by atoms with Crippen molar-refractivity contribution in [3.05, 3.63) is 82.5 Å². The molecule has 1 aliphatic rings. The zero-order valence-electron chi connectivity index (χ0n) is 17.3. The minimum absolute atomic E-state index is 0.0323. The van der Waals surface area contributed by atoms with Crippen molar-refractivity contribution in [2.75, 3.05) is 33.7 Å². The summed E-state index contributed by atoms with van der Waals surface area (Å²) in [5.74, 6) is 0.932. The molecule has 2 aromatic heterocycles. The average molecular weight is 427 g/mol. The van der Waals surface area contributed by atoms with Crippen LogP contribution in [0.15, 0.2) is 59.1 Å². The Hall–Kier alpha value is -2.54. The molecule has 7 heteroatoms. The molecular formula is C23H27ClN4O2. The second-order valence-corrected chi connectivity index (χ2v) is 8.25.